The molecule has 1 atom stereocenters. The molecule has 1 unspecified atom stereocenters. The van der Waals surface area contributed by atoms with Gasteiger partial charge in [-0.3, -0.25) is 4.79 Å². The van der Waals surface area contributed by atoms with Crippen LogP contribution in [0, 0.1) is 0 Å². The van der Waals surface area contributed by atoms with Crippen molar-refractivity contribution >= 4 is 15.7 Å². The fraction of sp³-hybridized carbons (Fsp3) is 0.562. The van der Waals surface area contributed by atoms with Crippen molar-refractivity contribution in [3.05, 3.63) is 29.8 Å². The number of ether oxygens (including phenoxy) is 1. The summed E-state index contributed by atoms with van der Waals surface area (Å²) >= 11 is 0. The SMILES string of the molecule is CCCN(C(=O)Cc1ccc(OC)cc1)C1CCS(=O)(=O)C1. The average molecular weight is 325 g/mol. The molecule has 0 saturated carbocycles. The van der Waals surface area contributed by atoms with Crippen LogP contribution in [0.4, 0.5) is 0 Å². The molecule has 0 radical (unpaired) electrons. The van der Waals surface area contributed by atoms with Gasteiger partial charge < -0.3 is 9.64 Å². The number of carbonyl (C=O) groups excluding carboxylic acids is 1. The largest absolute Gasteiger partial charge is 0.497 e. The van der Waals surface area contributed by atoms with Crippen molar-refractivity contribution in [2.75, 3.05) is 25.2 Å². The van der Waals surface area contributed by atoms with Crippen LogP contribution in [-0.4, -0.2) is 50.4 Å². The van der Waals surface area contributed by atoms with E-state index in [1.807, 2.05) is 31.2 Å². The molecule has 1 fully saturated rings. The first-order chi connectivity index (χ1) is 10.4. The van der Waals surface area contributed by atoms with Crippen LogP contribution in [0.3, 0.4) is 0 Å². The van der Waals surface area contributed by atoms with Gasteiger partial charge in [-0.2, -0.15) is 0 Å². The highest BCUT2D eigenvalue weighted by atomic mass is 32.2. The van der Waals surface area contributed by atoms with E-state index in [0.717, 1.165) is 17.7 Å². The van der Waals surface area contributed by atoms with Crippen molar-refractivity contribution < 1.29 is 17.9 Å². The Labute approximate surface area is 132 Å². The number of benzene rings is 1. The molecule has 0 aliphatic carbocycles. The molecule has 1 aromatic carbocycles. The minimum absolute atomic E-state index is 0.00545. The second-order valence-corrected chi connectivity index (χ2v) is 7.90. The Bertz CT molecular complexity index is 610. The number of methoxy groups -OCH3 is 1. The van der Waals surface area contributed by atoms with E-state index in [1.54, 1.807) is 12.0 Å². The van der Waals surface area contributed by atoms with Crippen LogP contribution < -0.4 is 4.74 Å². The molecule has 2 rings (SSSR count). The van der Waals surface area contributed by atoms with Crippen LogP contribution in [0.25, 0.3) is 0 Å². The Hall–Kier alpha value is -1.56. The van der Waals surface area contributed by atoms with Gasteiger partial charge in [-0.15, -0.1) is 0 Å². The zero-order valence-electron chi connectivity index (χ0n) is 13.1. The molecular weight excluding hydrogens is 302 g/mol. The Balaban J connectivity index is 2.05. The van der Waals surface area contributed by atoms with E-state index in [1.165, 1.54) is 0 Å². The molecule has 1 heterocycles. The molecule has 0 spiro atoms. The summed E-state index contributed by atoms with van der Waals surface area (Å²) in [5.74, 6) is 1.03. The second kappa shape index (κ2) is 7.13. The Morgan fingerprint density at radius 2 is 2.00 bits per heavy atom. The van der Waals surface area contributed by atoms with Gasteiger partial charge in [-0.25, -0.2) is 8.42 Å². The quantitative estimate of drug-likeness (QED) is 0.798. The number of amides is 1. The molecule has 1 amide bonds. The first kappa shape index (κ1) is 16.8. The van der Waals surface area contributed by atoms with Crippen LogP contribution >= 0.6 is 0 Å². The lowest BCUT2D eigenvalue weighted by Gasteiger charge is -2.28. The zero-order chi connectivity index (χ0) is 16.2. The number of hydrogen-bond donors (Lipinski definition) is 0. The van der Waals surface area contributed by atoms with E-state index >= 15 is 0 Å². The summed E-state index contributed by atoms with van der Waals surface area (Å²) in [7, 11) is -1.38. The number of rotatable bonds is 6. The van der Waals surface area contributed by atoms with Crippen molar-refractivity contribution in [1.82, 2.24) is 4.90 Å². The Morgan fingerprint density at radius 1 is 1.32 bits per heavy atom. The molecular formula is C16H23NO4S. The monoisotopic (exact) mass is 325 g/mol. The highest BCUT2D eigenvalue weighted by molar-refractivity contribution is 7.91. The molecule has 22 heavy (non-hydrogen) atoms. The summed E-state index contributed by atoms with van der Waals surface area (Å²) in [6.45, 7) is 2.60. The summed E-state index contributed by atoms with van der Waals surface area (Å²) in [5.41, 5.74) is 0.910. The topological polar surface area (TPSA) is 63.7 Å². The van der Waals surface area contributed by atoms with Crippen LogP contribution in [0.5, 0.6) is 5.75 Å². The van der Waals surface area contributed by atoms with E-state index in [9.17, 15) is 13.2 Å². The zero-order valence-corrected chi connectivity index (χ0v) is 13.9. The van der Waals surface area contributed by atoms with E-state index < -0.39 is 9.84 Å². The molecule has 1 saturated heterocycles. The van der Waals surface area contributed by atoms with Crippen LogP contribution in [0.1, 0.15) is 25.3 Å². The molecule has 122 valence electrons. The fourth-order valence-corrected chi connectivity index (χ4v) is 4.52. The molecule has 1 aliphatic rings. The molecule has 0 N–H and O–H groups in total. The molecule has 1 aromatic rings. The van der Waals surface area contributed by atoms with Crippen molar-refractivity contribution in [2.24, 2.45) is 0 Å². The van der Waals surface area contributed by atoms with Gasteiger partial charge in [-0.05, 0) is 30.5 Å². The van der Waals surface area contributed by atoms with Crippen LogP contribution in [0.2, 0.25) is 0 Å². The summed E-state index contributed by atoms with van der Waals surface area (Å²) in [4.78, 5) is 14.3. The summed E-state index contributed by atoms with van der Waals surface area (Å²) in [6.07, 6.45) is 1.67. The van der Waals surface area contributed by atoms with Gasteiger partial charge in [0.2, 0.25) is 5.91 Å². The van der Waals surface area contributed by atoms with Crippen molar-refractivity contribution in [1.29, 1.82) is 0 Å². The van der Waals surface area contributed by atoms with Crippen molar-refractivity contribution in [3.63, 3.8) is 0 Å². The lowest BCUT2D eigenvalue weighted by molar-refractivity contribution is -0.132. The number of hydrogen-bond acceptors (Lipinski definition) is 4. The third-order valence-electron chi connectivity index (χ3n) is 3.95. The third-order valence-corrected chi connectivity index (χ3v) is 5.70. The molecule has 0 bridgehead atoms. The van der Waals surface area contributed by atoms with Crippen molar-refractivity contribution in [3.8, 4) is 5.75 Å². The summed E-state index contributed by atoms with van der Waals surface area (Å²) in [6, 6.07) is 7.22. The number of carbonyl (C=O) groups is 1. The van der Waals surface area contributed by atoms with E-state index in [4.69, 9.17) is 4.74 Å². The van der Waals surface area contributed by atoms with Crippen LogP contribution in [-0.2, 0) is 21.1 Å². The average Bonchev–Trinajstić information content (AvgIpc) is 2.85. The fourth-order valence-electron chi connectivity index (χ4n) is 2.79. The highest BCUT2D eigenvalue weighted by Crippen LogP contribution is 2.20. The maximum absolute atomic E-state index is 12.6. The minimum Gasteiger partial charge on any atom is -0.497 e. The minimum atomic E-state index is -2.98. The first-order valence-corrected chi connectivity index (χ1v) is 9.40. The van der Waals surface area contributed by atoms with Gasteiger partial charge in [0.25, 0.3) is 0 Å². The molecule has 5 nitrogen and oxygen atoms in total. The van der Waals surface area contributed by atoms with Gasteiger partial charge >= 0.3 is 0 Å². The smallest absolute Gasteiger partial charge is 0.227 e. The Kier molecular flexibility index (Phi) is 5.45. The maximum atomic E-state index is 12.6. The Morgan fingerprint density at radius 3 is 2.50 bits per heavy atom. The number of sulfone groups is 1. The van der Waals surface area contributed by atoms with E-state index in [0.29, 0.717) is 19.4 Å². The third kappa shape index (κ3) is 4.22. The van der Waals surface area contributed by atoms with Gasteiger partial charge in [0.1, 0.15) is 5.75 Å². The summed E-state index contributed by atoms with van der Waals surface area (Å²) in [5, 5.41) is 0. The van der Waals surface area contributed by atoms with E-state index in [-0.39, 0.29) is 23.5 Å². The predicted octanol–water partition coefficient (Wildman–Crippen LogP) is 1.66. The lowest BCUT2D eigenvalue weighted by Crippen LogP contribution is -2.42. The van der Waals surface area contributed by atoms with Gasteiger partial charge in [-0.1, -0.05) is 19.1 Å². The van der Waals surface area contributed by atoms with Crippen molar-refractivity contribution in [2.45, 2.75) is 32.2 Å². The predicted molar refractivity (Wildman–Crippen MR) is 85.8 cm³/mol. The van der Waals surface area contributed by atoms with Gasteiger partial charge in [0.15, 0.2) is 9.84 Å². The summed E-state index contributed by atoms with van der Waals surface area (Å²) < 4.78 is 28.4. The molecule has 0 aromatic heterocycles. The first-order valence-electron chi connectivity index (χ1n) is 7.58. The maximum Gasteiger partial charge on any atom is 0.227 e. The second-order valence-electron chi connectivity index (χ2n) is 5.67. The standard InChI is InChI=1S/C16H23NO4S/c1-3-9-17(14-8-10-22(19,20)12-14)16(18)11-13-4-6-15(21-2)7-5-13/h4-7,14H,3,8-12H2,1-2H3. The number of nitrogens with zero attached hydrogens (tertiary/aromatic N) is 1. The van der Waals surface area contributed by atoms with Crippen LogP contribution in [0.15, 0.2) is 24.3 Å². The van der Waals surface area contributed by atoms with Gasteiger partial charge in [0.05, 0.1) is 25.0 Å². The normalized spacial score (nSPS) is 19.8. The molecule has 1 aliphatic heterocycles. The molecule has 6 heteroatoms. The highest BCUT2D eigenvalue weighted by Gasteiger charge is 2.34. The van der Waals surface area contributed by atoms with E-state index in [2.05, 4.69) is 0 Å². The van der Waals surface area contributed by atoms with Gasteiger partial charge in [0, 0.05) is 12.6 Å². The lowest BCUT2D eigenvalue weighted by atomic mass is 10.1.